The van der Waals surface area contributed by atoms with Crippen molar-refractivity contribution in [3.8, 4) is 0 Å². The van der Waals surface area contributed by atoms with Crippen molar-refractivity contribution in [2.45, 2.75) is 26.4 Å². The van der Waals surface area contributed by atoms with Crippen molar-refractivity contribution in [2.24, 2.45) is 0 Å². The molecule has 0 saturated carbocycles. The summed E-state index contributed by atoms with van der Waals surface area (Å²) < 4.78 is 0. The molecule has 0 spiro atoms. The van der Waals surface area contributed by atoms with Gasteiger partial charge in [-0.15, -0.1) is 0 Å². The highest BCUT2D eigenvalue weighted by molar-refractivity contribution is 5.80. The van der Waals surface area contributed by atoms with Crippen LogP contribution < -0.4 is 5.73 Å². The maximum atomic E-state index is 12.5. The van der Waals surface area contributed by atoms with Gasteiger partial charge in [-0.3, -0.25) is 4.79 Å². The van der Waals surface area contributed by atoms with Gasteiger partial charge in [-0.1, -0.05) is 48.0 Å². The molecule has 4 heteroatoms. The van der Waals surface area contributed by atoms with Crippen LogP contribution in [-0.4, -0.2) is 29.0 Å². The summed E-state index contributed by atoms with van der Waals surface area (Å²) in [4.78, 5) is 14.1. The predicted octanol–water partition coefficient (Wildman–Crippen LogP) is 2.70. The number of likely N-dealkylation sites (N-methyl/N-ethyl adjacent to an activating group) is 1. The number of nitrogens with zero attached hydrogens (tertiary/aromatic N) is 1. The van der Waals surface area contributed by atoms with Crippen LogP contribution in [0.3, 0.4) is 0 Å². The summed E-state index contributed by atoms with van der Waals surface area (Å²) >= 11 is 0. The fourth-order valence-electron chi connectivity index (χ4n) is 2.48. The van der Waals surface area contributed by atoms with Crippen molar-refractivity contribution >= 4 is 11.6 Å². The molecule has 1 unspecified atom stereocenters. The average Bonchev–Trinajstić information content (AvgIpc) is 2.55. The first-order valence-electron chi connectivity index (χ1n) is 7.87. The highest BCUT2D eigenvalue weighted by atomic mass is 16.3. The normalized spacial score (nSPS) is 12.0. The lowest BCUT2D eigenvalue weighted by atomic mass is 10.1. The largest absolute Gasteiger partial charge is 0.398 e. The summed E-state index contributed by atoms with van der Waals surface area (Å²) in [5, 5.41) is 10.4. The number of aryl methyl sites for hydroxylation is 1. The summed E-state index contributed by atoms with van der Waals surface area (Å²) in [5.74, 6) is -0.0310. The third-order valence-corrected chi connectivity index (χ3v) is 3.99. The van der Waals surface area contributed by atoms with Crippen LogP contribution >= 0.6 is 0 Å². The van der Waals surface area contributed by atoms with Crippen molar-refractivity contribution in [1.29, 1.82) is 0 Å². The molecule has 2 aromatic rings. The third-order valence-electron chi connectivity index (χ3n) is 3.99. The Balaban J connectivity index is 2.02. The monoisotopic (exact) mass is 312 g/mol. The van der Waals surface area contributed by atoms with Crippen LogP contribution in [0.1, 0.15) is 29.7 Å². The quantitative estimate of drug-likeness (QED) is 0.806. The molecular formula is C19H24N2O2. The molecule has 0 heterocycles. The fraction of sp³-hybridized carbons (Fsp3) is 0.316. The number of rotatable bonds is 6. The second-order valence-electron chi connectivity index (χ2n) is 5.73. The molecule has 122 valence electrons. The standard InChI is InChI=1S/C19H24N2O2/c1-3-21(13-18(22)15-10-8-14(2)9-11-15)19(23)12-16-6-4-5-7-17(16)20/h4-11,18,22H,3,12-13,20H2,1-2H3. The van der Waals surface area contributed by atoms with Crippen molar-refractivity contribution in [2.75, 3.05) is 18.8 Å². The van der Waals surface area contributed by atoms with Crippen LogP contribution in [0.5, 0.6) is 0 Å². The first-order chi connectivity index (χ1) is 11.0. The van der Waals surface area contributed by atoms with E-state index in [9.17, 15) is 9.90 Å². The van der Waals surface area contributed by atoms with Gasteiger partial charge in [-0.2, -0.15) is 0 Å². The molecule has 0 radical (unpaired) electrons. The highest BCUT2D eigenvalue weighted by Crippen LogP contribution is 2.17. The number of anilines is 1. The van der Waals surface area contributed by atoms with Gasteiger partial charge in [0, 0.05) is 12.2 Å². The maximum Gasteiger partial charge on any atom is 0.227 e. The van der Waals surface area contributed by atoms with Gasteiger partial charge in [-0.05, 0) is 31.0 Å². The van der Waals surface area contributed by atoms with Gasteiger partial charge in [0.1, 0.15) is 0 Å². The summed E-state index contributed by atoms with van der Waals surface area (Å²) in [7, 11) is 0. The summed E-state index contributed by atoms with van der Waals surface area (Å²) in [6.07, 6.45) is -0.436. The van der Waals surface area contributed by atoms with Crippen molar-refractivity contribution < 1.29 is 9.90 Å². The number of nitrogens with two attached hydrogens (primary N) is 1. The number of para-hydroxylation sites is 1. The summed E-state index contributed by atoms with van der Waals surface area (Å²) in [6.45, 7) is 4.75. The molecule has 0 aromatic heterocycles. The van der Waals surface area contributed by atoms with Gasteiger partial charge in [0.25, 0.3) is 0 Å². The van der Waals surface area contributed by atoms with E-state index in [0.717, 1.165) is 16.7 Å². The lowest BCUT2D eigenvalue weighted by Crippen LogP contribution is -2.35. The first kappa shape index (κ1) is 17.0. The van der Waals surface area contributed by atoms with E-state index in [2.05, 4.69) is 0 Å². The smallest absolute Gasteiger partial charge is 0.227 e. The van der Waals surface area contributed by atoms with E-state index in [1.807, 2.05) is 56.3 Å². The van der Waals surface area contributed by atoms with E-state index in [0.29, 0.717) is 12.2 Å². The molecule has 1 amide bonds. The van der Waals surface area contributed by atoms with E-state index in [-0.39, 0.29) is 18.9 Å². The van der Waals surface area contributed by atoms with Crippen LogP contribution in [0.25, 0.3) is 0 Å². The minimum absolute atomic E-state index is 0.0310. The van der Waals surface area contributed by atoms with Crippen LogP contribution in [0.4, 0.5) is 5.69 Å². The summed E-state index contributed by atoms with van der Waals surface area (Å²) in [5.41, 5.74) is 9.30. The Hall–Kier alpha value is -2.33. The molecule has 0 aliphatic rings. The molecule has 2 aromatic carbocycles. The van der Waals surface area contributed by atoms with Gasteiger partial charge in [0.2, 0.25) is 5.91 Å². The van der Waals surface area contributed by atoms with Crippen LogP contribution in [0.15, 0.2) is 48.5 Å². The number of hydrogen-bond donors (Lipinski definition) is 2. The van der Waals surface area contributed by atoms with Crippen LogP contribution in [0, 0.1) is 6.92 Å². The van der Waals surface area contributed by atoms with Gasteiger partial charge >= 0.3 is 0 Å². The Morgan fingerprint density at radius 3 is 2.43 bits per heavy atom. The average molecular weight is 312 g/mol. The molecule has 0 saturated heterocycles. The lowest BCUT2D eigenvalue weighted by molar-refractivity contribution is -0.131. The lowest BCUT2D eigenvalue weighted by Gasteiger charge is -2.24. The minimum atomic E-state index is -0.687. The van der Waals surface area contributed by atoms with Gasteiger partial charge in [0.15, 0.2) is 0 Å². The van der Waals surface area contributed by atoms with Crippen molar-refractivity contribution in [3.63, 3.8) is 0 Å². The Morgan fingerprint density at radius 2 is 1.83 bits per heavy atom. The molecule has 0 aliphatic heterocycles. The highest BCUT2D eigenvalue weighted by Gasteiger charge is 2.18. The number of aliphatic hydroxyl groups excluding tert-OH is 1. The number of benzene rings is 2. The molecule has 0 bridgehead atoms. The first-order valence-corrected chi connectivity index (χ1v) is 7.87. The maximum absolute atomic E-state index is 12.5. The van der Waals surface area contributed by atoms with E-state index >= 15 is 0 Å². The SMILES string of the molecule is CCN(CC(O)c1ccc(C)cc1)C(=O)Cc1ccccc1N. The zero-order valence-corrected chi connectivity index (χ0v) is 13.7. The van der Waals surface area contributed by atoms with Crippen molar-refractivity contribution in [1.82, 2.24) is 4.90 Å². The van der Waals surface area contributed by atoms with Crippen molar-refractivity contribution in [3.05, 3.63) is 65.2 Å². The van der Waals surface area contributed by atoms with E-state index in [4.69, 9.17) is 5.73 Å². The Bertz CT molecular complexity index is 653. The number of aliphatic hydroxyl groups is 1. The second kappa shape index (κ2) is 7.79. The van der Waals surface area contributed by atoms with Gasteiger partial charge in [0.05, 0.1) is 19.1 Å². The zero-order chi connectivity index (χ0) is 16.8. The molecular weight excluding hydrogens is 288 g/mol. The predicted molar refractivity (Wildman–Crippen MR) is 93.0 cm³/mol. The molecule has 3 N–H and O–H groups in total. The molecule has 1 atom stereocenters. The number of amides is 1. The number of carbonyl (C=O) groups excluding carboxylic acids is 1. The fourth-order valence-corrected chi connectivity index (χ4v) is 2.48. The van der Waals surface area contributed by atoms with Crippen LogP contribution in [0.2, 0.25) is 0 Å². The molecule has 2 rings (SSSR count). The molecule has 23 heavy (non-hydrogen) atoms. The van der Waals surface area contributed by atoms with Crippen LogP contribution in [-0.2, 0) is 11.2 Å². The molecule has 4 nitrogen and oxygen atoms in total. The topological polar surface area (TPSA) is 66.6 Å². The minimum Gasteiger partial charge on any atom is -0.398 e. The van der Waals surface area contributed by atoms with E-state index in [1.54, 1.807) is 11.0 Å². The molecule has 0 aliphatic carbocycles. The zero-order valence-electron chi connectivity index (χ0n) is 13.7. The number of carbonyl (C=O) groups is 1. The van der Waals surface area contributed by atoms with E-state index in [1.165, 1.54) is 0 Å². The second-order valence-corrected chi connectivity index (χ2v) is 5.73. The number of nitrogen functional groups attached to an aromatic ring is 1. The van der Waals surface area contributed by atoms with Gasteiger partial charge in [-0.25, -0.2) is 0 Å². The Labute approximate surface area is 137 Å². The number of hydrogen-bond acceptors (Lipinski definition) is 3. The van der Waals surface area contributed by atoms with Gasteiger partial charge < -0.3 is 15.7 Å². The summed E-state index contributed by atoms with van der Waals surface area (Å²) in [6, 6.07) is 15.1. The Morgan fingerprint density at radius 1 is 1.17 bits per heavy atom. The Kier molecular flexibility index (Phi) is 5.77. The third kappa shape index (κ3) is 4.57. The van der Waals surface area contributed by atoms with E-state index < -0.39 is 6.10 Å². The molecule has 0 fully saturated rings.